The quantitative estimate of drug-likeness (QED) is 0.663. The average molecular weight is 294 g/mol. The minimum Gasteiger partial charge on any atom is -0.477 e. The second-order valence-corrected chi connectivity index (χ2v) is 5.83. The van der Waals surface area contributed by atoms with Crippen molar-refractivity contribution in [1.82, 2.24) is 15.2 Å². The number of carboxylic acids is 1. The first-order chi connectivity index (χ1) is 9.84. The van der Waals surface area contributed by atoms with Crippen molar-refractivity contribution in [3.05, 3.63) is 17.5 Å². The van der Waals surface area contributed by atoms with Crippen LogP contribution in [0.5, 0.6) is 0 Å². The Balaban J connectivity index is 1.95. The SMILES string of the molecule is Cc1cc(NC(=O)NCC2(N(C)C)CCC2)c(C(=O)O)[nH]1. The number of aromatic nitrogens is 1. The molecule has 0 atom stereocenters. The van der Waals surface area contributed by atoms with E-state index in [0.717, 1.165) is 12.8 Å². The van der Waals surface area contributed by atoms with E-state index in [1.807, 2.05) is 14.1 Å². The van der Waals surface area contributed by atoms with Crippen LogP contribution in [0.1, 0.15) is 35.4 Å². The predicted molar refractivity (Wildman–Crippen MR) is 79.8 cm³/mol. The van der Waals surface area contributed by atoms with Gasteiger partial charge in [0.2, 0.25) is 0 Å². The molecular weight excluding hydrogens is 272 g/mol. The van der Waals surface area contributed by atoms with Crippen LogP contribution < -0.4 is 10.6 Å². The highest BCUT2D eigenvalue weighted by atomic mass is 16.4. The van der Waals surface area contributed by atoms with E-state index in [4.69, 9.17) is 5.11 Å². The Kier molecular flexibility index (Phi) is 4.22. The highest BCUT2D eigenvalue weighted by Crippen LogP contribution is 2.35. The molecule has 1 aliphatic carbocycles. The Morgan fingerprint density at radius 1 is 1.43 bits per heavy atom. The Morgan fingerprint density at radius 3 is 2.57 bits per heavy atom. The maximum Gasteiger partial charge on any atom is 0.354 e. The zero-order chi connectivity index (χ0) is 15.6. The normalized spacial score (nSPS) is 16.4. The summed E-state index contributed by atoms with van der Waals surface area (Å²) in [6.07, 6.45) is 3.29. The monoisotopic (exact) mass is 294 g/mol. The van der Waals surface area contributed by atoms with Crippen LogP contribution in [-0.2, 0) is 0 Å². The van der Waals surface area contributed by atoms with Gasteiger partial charge in [0.25, 0.3) is 0 Å². The van der Waals surface area contributed by atoms with Gasteiger partial charge in [0.05, 0.1) is 5.69 Å². The minimum absolute atomic E-state index is 0.00591. The number of aromatic carboxylic acids is 1. The second-order valence-electron chi connectivity index (χ2n) is 5.83. The van der Waals surface area contributed by atoms with Gasteiger partial charge in [0, 0.05) is 17.8 Å². The maximum atomic E-state index is 12.0. The van der Waals surface area contributed by atoms with Crippen LogP contribution in [0.4, 0.5) is 10.5 Å². The number of nitrogens with one attached hydrogen (secondary N) is 3. The van der Waals surface area contributed by atoms with Crippen molar-refractivity contribution in [1.29, 1.82) is 0 Å². The van der Waals surface area contributed by atoms with Crippen molar-refractivity contribution in [3.63, 3.8) is 0 Å². The smallest absolute Gasteiger partial charge is 0.354 e. The number of carbonyl (C=O) groups is 2. The van der Waals surface area contributed by atoms with Crippen LogP contribution in [0.15, 0.2) is 6.07 Å². The van der Waals surface area contributed by atoms with Crippen LogP contribution in [0.2, 0.25) is 0 Å². The number of carboxylic acid groups (broad SMARTS) is 1. The summed E-state index contributed by atoms with van der Waals surface area (Å²) < 4.78 is 0. The number of nitrogens with zero attached hydrogens (tertiary/aromatic N) is 1. The molecule has 1 heterocycles. The molecule has 0 radical (unpaired) electrons. The number of aromatic amines is 1. The van der Waals surface area contributed by atoms with Gasteiger partial charge in [0.15, 0.2) is 0 Å². The molecule has 0 bridgehead atoms. The molecule has 0 unspecified atom stereocenters. The lowest BCUT2D eigenvalue weighted by atomic mass is 9.75. The number of likely N-dealkylation sites (N-methyl/N-ethyl adjacent to an activating group) is 1. The third-order valence-electron chi connectivity index (χ3n) is 4.23. The fourth-order valence-corrected chi connectivity index (χ4v) is 2.63. The van der Waals surface area contributed by atoms with Gasteiger partial charge in [-0.2, -0.15) is 0 Å². The van der Waals surface area contributed by atoms with E-state index in [2.05, 4.69) is 20.5 Å². The first-order valence-electron chi connectivity index (χ1n) is 6.99. The van der Waals surface area contributed by atoms with E-state index in [-0.39, 0.29) is 23.0 Å². The fourth-order valence-electron chi connectivity index (χ4n) is 2.63. The van der Waals surface area contributed by atoms with Crippen molar-refractivity contribution in [2.45, 2.75) is 31.7 Å². The van der Waals surface area contributed by atoms with Gasteiger partial charge in [-0.1, -0.05) is 0 Å². The second kappa shape index (κ2) is 5.77. The molecule has 1 aromatic heterocycles. The van der Waals surface area contributed by atoms with Gasteiger partial charge in [-0.25, -0.2) is 9.59 Å². The largest absolute Gasteiger partial charge is 0.477 e. The molecule has 7 heteroatoms. The van der Waals surface area contributed by atoms with Gasteiger partial charge < -0.3 is 25.6 Å². The molecule has 1 aliphatic rings. The number of hydrogen-bond acceptors (Lipinski definition) is 3. The van der Waals surface area contributed by atoms with Crippen molar-refractivity contribution in [2.75, 3.05) is 26.0 Å². The van der Waals surface area contributed by atoms with E-state index in [1.165, 1.54) is 6.42 Å². The third kappa shape index (κ3) is 3.18. The van der Waals surface area contributed by atoms with Crippen molar-refractivity contribution in [3.8, 4) is 0 Å². The molecule has 0 aliphatic heterocycles. The summed E-state index contributed by atoms with van der Waals surface area (Å²) in [7, 11) is 4.02. The highest BCUT2D eigenvalue weighted by Gasteiger charge is 2.39. The van der Waals surface area contributed by atoms with E-state index < -0.39 is 5.97 Å². The Morgan fingerprint density at radius 2 is 2.10 bits per heavy atom. The molecular formula is C14H22N4O3. The van der Waals surface area contributed by atoms with Crippen LogP contribution in [-0.4, -0.2) is 53.2 Å². The zero-order valence-electron chi connectivity index (χ0n) is 12.6. The topological polar surface area (TPSA) is 97.5 Å². The van der Waals surface area contributed by atoms with E-state index in [1.54, 1.807) is 13.0 Å². The molecule has 0 saturated heterocycles. The number of aryl methyl sites for hydroxylation is 1. The molecule has 0 aromatic carbocycles. The van der Waals surface area contributed by atoms with Crippen molar-refractivity contribution in [2.24, 2.45) is 0 Å². The molecule has 0 spiro atoms. The number of urea groups is 1. The molecule has 1 aromatic rings. The number of anilines is 1. The van der Waals surface area contributed by atoms with E-state index >= 15 is 0 Å². The number of hydrogen-bond donors (Lipinski definition) is 4. The van der Waals surface area contributed by atoms with Gasteiger partial charge in [-0.3, -0.25) is 0 Å². The molecule has 4 N–H and O–H groups in total. The summed E-state index contributed by atoms with van der Waals surface area (Å²) in [6, 6.07) is 1.22. The minimum atomic E-state index is -1.10. The van der Waals surface area contributed by atoms with Gasteiger partial charge >= 0.3 is 12.0 Å². The number of rotatable bonds is 5. The van der Waals surface area contributed by atoms with E-state index in [9.17, 15) is 9.59 Å². The van der Waals surface area contributed by atoms with Gasteiger partial charge in [-0.15, -0.1) is 0 Å². The summed E-state index contributed by atoms with van der Waals surface area (Å²) >= 11 is 0. The first kappa shape index (κ1) is 15.4. The van der Waals surface area contributed by atoms with Gasteiger partial charge in [-0.05, 0) is 46.3 Å². The lowest BCUT2D eigenvalue weighted by molar-refractivity contribution is 0.0630. The van der Waals surface area contributed by atoms with Crippen LogP contribution in [0.3, 0.4) is 0 Å². The molecule has 2 rings (SSSR count). The Hall–Kier alpha value is -2.02. The van der Waals surface area contributed by atoms with Crippen LogP contribution >= 0.6 is 0 Å². The fraction of sp³-hybridized carbons (Fsp3) is 0.571. The number of H-pyrrole nitrogens is 1. The highest BCUT2D eigenvalue weighted by molar-refractivity contribution is 5.99. The van der Waals surface area contributed by atoms with Crippen LogP contribution in [0, 0.1) is 6.92 Å². The van der Waals surface area contributed by atoms with E-state index in [0.29, 0.717) is 12.2 Å². The zero-order valence-corrected chi connectivity index (χ0v) is 12.6. The standard InChI is InChI=1S/C14H22N4O3/c1-9-7-10(11(16-9)12(19)20)17-13(21)15-8-14(18(2)3)5-4-6-14/h7,16H,4-6,8H2,1-3H3,(H,19,20)(H2,15,17,21). The Labute approximate surface area is 123 Å². The summed E-state index contributed by atoms with van der Waals surface area (Å²) in [5.74, 6) is -1.10. The van der Waals surface area contributed by atoms with Crippen LogP contribution in [0.25, 0.3) is 0 Å². The summed E-state index contributed by atoms with van der Waals surface area (Å²) in [5.41, 5.74) is 0.992. The average Bonchev–Trinajstić information content (AvgIpc) is 2.68. The number of carbonyl (C=O) groups excluding carboxylic acids is 1. The Bertz CT molecular complexity index is 546. The molecule has 21 heavy (non-hydrogen) atoms. The lowest BCUT2D eigenvalue weighted by Crippen LogP contribution is -2.57. The van der Waals surface area contributed by atoms with Crippen molar-refractivity contribution >= 4 is 17.7 Å². The van der Waals surface area contributed by atoms with Gasteiger partial charge in [0.1, 0.15) is 5.69 Å². The third-order valence-corrected chi connectivity index (χ3v) is 4.23. The lowest BCUT2D eigenvalue weighted by Gasteiger charge is -2.47. The first-order valence-corrected chi connectivity index (χ1v) is 6.99. The summed E-state index contributed by atoms with van der Waals surface area (Å²) in [6.45, 7) is 2.29. The molecule has 1 fully saturated rings. The number of amides is 2. The molecule has 116 valence electrons. The molecule has 2 amide bonds. The summed E-state index contributed by atoms with van der Waals surface area (Å²) in [4.78, 5) is 27.9. The predicted octanol–water partition coefficient (Wildman–Crippen LogP) is 1.63. The molecule has 1 saturated carbocycles. The molecule has 7 nitrogen and oxygen atoms in total. The van der Waals surface area contributed by atoms with Crippen molar-refractivity contribution < 1.29 is 14.7 Å². The maximum absolute atomic E-state index is 12.0. The summed E-state index contributed by atoms with van der Waals surface area (Å²) in [5, 5.41) is 14.5.